The van der Waals surface area contributed by atoms with E-state index in [0.717, 1.165) is 12.8 Å². The molecule has 0 aliphatic heterocycles. The maximum atomic E-state index is 11.3. The number of para-hydroxylation sites is 2. The normalized spacial score (nSPS) is 9.41. The number of carbonyl (C=O) groups excluding carboxylic acids is 1. The molecule has 0 aromatic heterocycles. The first kappa shape index (κ1) is 13.0. The van der Waals surface area contributed by atoms with Crippen LogP contribution in [-0.2, 0) is 4.79 Å². The molecule has 1 aromatic carbocycles. The van der Waals surface area contributed by atoms with Gasteiger partial charge in [0.15, 0.2) is 0 Å². The summed E-state index contributed by atoms with van der Waals surface area (Å²) in [6.45, 7) is 2.71. The number of amides is 1. The van der Waals surface area contributed by atoms with Gasteiger partial charge < -0.3 is 10.1 Å². The second kappa shape index (κ2) is 7.29. The first-order valence-corrected chi connectivity index (χ1v) is 5.66. The molecule has 1 aromatic rings. The minimum atomic E-state index is -0.320. The number of benzene rings is 1. The highest BCUT2D eigenvalue weighted by Gasteiger charge is 2.06. The predicted molar refractivity (Wildman–Crippen MR) is 65.7 cm³/mol. The van der Waals surface area contributed by atoms with Gasteiger partial charge in [-0.3, -0.25) is 4.79 Å². The summed E-state index contributed by atoms with van der Waals surface area (Å²) in [7, 11) is 0. The summed E-state index contributed by atoms with van der Waals surface area (Å²) in [6.07, 6.45) is 1.88. The number of rotatable bonds is 6. The molecule has 0 fully saturated rings. The zero-order valence-corrected chi connectivity index (χ0v) is 9.90. The summed E-state index contributed by atoms with van der Waals surface area (Å²) in [5, 5.41) is 11.1. The van der Waals surface area contributed by atoms with E-state index in [1.807, 2.05) is 12.1 Å². The van der Waals surface area contributed by atoms with Crippen LogP contribution in [0.5, 0.6) is 5.75 Å². The summed E-state index contributed by atoms with van der Waals surface area (Å²) in [5.74, 6) is 0.325. The molecule has 4 nitrogen and oxygen atoms in total. The lowest BCUT2D eigenvalue weighted by atomic mass is 10.2. The first-order chi connectivity index (χ1) is 8.27. The minimum Gasteiger partial charge on any atom is -0.491 e. The molecule has 90 valence electrons. The largest absolute Gasteiger partial charge is 0.491 e. The van der Waals surface area contributed by atoms with Crippen LogP contribution < -0.4 is 10.1 Å². The Kier molecular flexibility index (Phi) is 5.59. The Balaban J connectivity index is 2.64. The number of ether oxygens (including phenoxy) is 1. The van der Waals surface area contributed by atoms with Gasteiger partial charge in [-0.05, 0) is 18.6 Å². The van der Waals surface area contributed by atoms with E-state index in [4.69, 9.17) is 10.00 Å². The molecule has 0 aliphatic rings. The maximum absolute atomic E-state index is 11.3. The molecule has 0 bridgehead atoms. The highest BCUT2D eigenvalue weighted by atomic mass is 16.5. The average molecular weight is 232 g/mol. The van der Waals surface area contributed by atoms with Gasteiger partial charge in [0.2, 0.25) is 5.91 Å². The van der Waals surface area contributed by atoms with E-state index in [1.54, 1.807) is 18.2 Å². The number of hydrogen-bond donors (Lipinski definition) is 1. The topological polar surface area (TPSA) is 62.1 Å². The van der Waals surface area contributed by atoms with Crippen molar-refractivity contribution in [1.82, 2.24) is 0 Å². The third-order valence-electron chi connectivity index (χ3n) is 2.16. The summed E-state index contributed by atoms with van der Waals surface area (Å²) < 4.78 is 5.56. The summed E-state index contributed by atoms with van der Waals surface area (Å²) >= 11 is 0. The van der Waals surface area contributed by atoms with E-state index in [-0.39, 0.29) is 12.3 Å². The van der Waals surface area contributed by atoms with Crippen LogP contribution in [-0.4, -0.2) is 12.5 Å². The molecule has 0 unspecified atom stereocenters. The molecule has 0 heterocycles. The first-order valence-electron chi connectivity index (χ1n) is 5.66. The van der Waals surface area contributed by atoms with Crippen LogP contribution in [0.2, 0.25) is 0 Å². The number of nitrogens with zero attached hydrogens (tertiary/aromatic N) is 1. The van der Waals surface area contributed by atoms with Gasteiger partial charge in [0.05, 0.1) is 18.4 Å². The molecule has 17 heavy (non-hydrogen) atoms. The zero-order chi connectivity index (χ0) is 12.5. The van der Waals surface area contributed by atoms with Crippen LogP contribution in [0, 0.1) is 11.3 Å². The SMILES string of the molecule is CCCCOc1ccccc1NC(=O)CC#N. The Morgan fingerprint density at radius 2 is 2.24 bits per heavy atom. The Morgan fingerprint density at radius 3 is 2.94 bits per heavy atom. The average Bonchev–Trinajstić information content (AvgIpc) is 2.32. The Labute approximate surface area is 101 Å². The van der Waals surface area contributed by atoms with Crippen LogP contribution in [0.4, 0.5) is 5.69 Å². The second-order valence-corrected chi connectivity index (χ2v) is 3.58. The lowest BCUT2D eigenvalue weighted by Crippen LogP contribution is -2.11. The Hall–Kier alpha value is -2.02. The van der Waals surface area contributed by atoms with Crippen LogP contribution in [0.1, 0.15) is 26.2 Å². The van der Waals surface area contributed by atoms with Crippen molar-refractivity contribution < 1.29 is 9.53 Å². The molecule has 0 aliphatic carbocycles. The van der Waals surface area contributed by atoms with Crippen molar-refractivity contribution in [3.63, 3.8) is 0 Å². The number of unbranched alkanes of at least 4 members (excludes halogenated alkanes) is 1. The lowest BCUT2D eigenvalue weighted by Gasteiger charge is -2.11. The van der Waals surface area contributed by atoms with Crippen LogP contribution in [0.15, 0.2) is 24.3 Å². The fraction of sp³-hybridized carbons (Fsp3) is 0.385. The molecule has 0 radical (unpaired) electrons. The van der Waals surface area contributed by atoms with Gasteiger partial charge in [-0.1, -0.05) is 25.5 Å². The van der Waals surface area contributed by atoms with Gasteiger partial charge in [0, 0.05) is 0 Å². The van der Waals surface area contributed by atoms with Crippen molar-refractivity contribution in [1.29, 1.82) is 5.26 Å². The third-order valence-corrected chi connectivity index (χ3v) is 2.16. The van der Waals surface area contributed by atoms with Gasteiger partial charge in [0.1, 0.15) is 12.2 Å². The molecule has 0 atom stereocenters. The monoisotopic (exact) mass is 232 g/mol. The van der Waals surface area contributed by atoms with Crippen molar-refractivity contribution in [2.45, 2.75) is 26.2 Å². The summed E-state index contributed by atoms with van der Waals surface area (Å²) in [5.41, 5.74) is 0.615. The van der Waals surface area contributed by atoms with Crippen molar-refractivity contribution in [3.05, 3.63) is 24.3 Å². The van der Waals surface area contributed by atoms with Crippen LogP contribution >= 0.6 is 0 Å². The smallest absolute Gasteiger partial charge is 0.238 e. The maximum Gasteiger partial charge on any atom is 0.238 e. The van der Waals surface area contributed by atoms with E-state index in [0.29, 0.717) is 18.0 Å². The fourth-order valence-corrected chi connectivity index (χ4v) is 1.29. The van der Waals surface area contributed by atoms with E-state index in [1.165, 1.54) is 0 Å². The molecule has 1 amide bonds. The molecule has 0 saturated heterocycles. The number of nitrogens with one attached hydrogen (secondary N) is 1. The number of nitriles is 1. The van der Waals surface area contributed by atoms with Crippen LogP contribution in [0.25, 0.3) is 0 Å². The van der Waals surface area contributed by atoms with E-state index >= 15 is 0 Å². The molecule has 4 heteroatoms. The number of anilines is 1. The van der Waals surface area contributed by atoms with Crippen molar-refractivity contribution in [2.75, 3.05) is 11.9 Å². The van der Waals surface area contributed by atoms with Crippen molar-refractivity contribution in [3.8, 4) is 11.8 Å². The van der Waals surface area contributed by atoms with Gasteiger partial charge in [-0.15, -0.1) is 0 Å². The van der Waals surface area contributed by atoms with Gasteiger partial charge >= 0.3 is 0 Å². The quantitative estimate of drug-likeness (QED) is 0.767. The van der Waals surface area contributed by atoms with Crippen molar-refractivity contribution >= 4 is 11.6 Å². The predicted octanol–water partition coefficient (Wildman–Crippen LogP) is 2.72. The van der Waals surface area contributed by atoms with Crippen molar-refractivity contribution in [2.24, 2.45) is 0 Å². The Bertz CT molecular complexity index is 410. The highest BCUT2D eigenvalue weighted by molar-refractivity contribution is 5.93. The second-order valence-electron chi connectivity index (χ2n) is 3.58. The number of hydrogen-bond acceptors (Lipinski definition) is 3. The lowest BCUT2D eigenvalue weighted by molar-refractivity contribution is -0.115. The molecule has 0 saturated carbocycles. The fourth-order valence-electron chi connectivity index (χ4n) is 1.29. The minimum absolute atomic E-state index is 0.150. The molecule has 1 rings (SSSR count). The molecular formula is C13H16N2O2. The molecule has 1 N–H and O–H groups in total. The summed E-state index contributed by atoms with van der Waals surface area (Å²) in [6, 6.07) is 9.03. The Morgan fingerprint density at radius 1 is 1.47 bits per heavy atom. The van der Waals surface area contributed by atoms with Gasteiger partial charge in [-0.25, -0.2) is 0 Å². The number of carbonyl (C=O) groups is 1. The third kappa shape index (κ3) is 4.56. The highest BCUT2D eigenvalue weighted by Crippen LogP contribution is 2.23. The van der Waals surface area contributed by atoms with E-state index in [9.17, 15) is 4.79 Å². The van der Waals surface area contributed by atoms with E-state index < -0.39 is 0 Å². The standard InChI is InChI=1S/C13H16N2O2/c1-2-3-10-17-12-7-5-4-6-11(12)15-13(16)8-9-14/h4-7H,2-3,8,10H2,1H3,(H,15,16). The summed E-state index contributed by atoms with van der Waals surface area (Å²) in [4.78, 5) is 11.3. The van der Waals surface area contributed by atoms with E-state index in [2.05, 4.69) is 12.2 Å². The van der Waals surface area contributed by atoms with Gasteiger partial charge in [0.25, 0.3) is 0 Å². The van der Waals surface area contributed by atoms with Gasteiger partial charge in [-0.2, -0.15) is 5.26 Å². The van der Waals surface area contributed by atoms with Crippen LogP contribution in [0.3, 0.4) is 0 Å². The molecule has 0 spiro atoms. The molecular weight excluding hydrogens is 216 g/mol. The zero-order valence-electron chi connectivity index (χ0n) is 9.90.